The third-order valence-corrected chi connectivity index (χ3v) is 7.18. The van der Waals surface area contributed by atoms with Crippen LogP contribution >= 0.6 is 0 Å². The maximum absolute atomic E-state index is 10.5. The number of hydrogen-bond donors (Lipinski definition) is 1. The van der Waals surface area contributed by atoms with Crippen LogP contribution in [-0.2, 0) is 6.61 Å². The summed E-state index contributed by atoms with van der Waals surface area (Å²) in [6, 6.07) is 27.1. The highest BCUT2D eigenvalue weighted by Gasteiger charge is 2.34. The lowest BCUT2D eigenvalue weighted by molar-refractivity contribution is 0.166. The van der Waals surface area contributed by atoms with Gasteiger partial charge in [-0.25, -0.2) is 0 Å². The quantitative estimate of drug-likeness (QED) is 0.531. The van der Waals surface area contributed by atoms with E-state index in [1.807, 2.05) is 18.2 Å². The number of aromatic hydroxyl groups is 1. The minimum absolute atomic E-state index is 0.210. The van der Waals surface area contributed by atoms with Gasteiger partial charge in [0.1, 0.15) is 18.1 Å². The summed E-state index contributed by atoms with van der Waals surface area (Å²) < 4.78 is 6.31. The first-order chi connectivity index (χ1) is 17.1. The van der Waals surface area contributed by atoms with E-state index in [2.05, 4.69) is 88.3 Å². The van der Waals surface area contributed by atoms with E-state index in [0.29, 0.717) is 12.4 Å². The second kappa shape index (κ2) is 10.8. The normalized spacial score (nSPS) is 22.1. The van der Waals surface area contributed by atoms with Crippen molar-refractivity contribution in [3.8, 4) is 11.5 Å². The van der Waals surface area contributed by atoms with Gasteiger partial charge in [0.25, 0.3) is 0 Å². The van der Waals surface area contributed by atoms with Gasteiger partial charge >= 0.3 is 0 Å². The lowest BCUT2D eigenvalue weighted by Crippen LogP contribution is -2.36. The molecule has 2 unspecified atom stereocenters. The van der Waals surface area contributed by atoms with Crippen molar-refractivity contribution in [2.75, 3.05) is 53.6 Å². The highest BCUT2D eigenvalue weighted by molar-refractivity contribution is 5.37. The molecule has 0 aliphatic carbocycles. The number of ether oxygens (including phenoxy) is 1. The smallest absolute Gasteiger partial charge is 0.124 e. The highest BCUT2D eigenvalue weighted by atomic mass is 16.5. The molecule has 2 heterocycles. The van der Waals surface area contributed by atoms with Gasteiger partial charge in [-0.2, -0.15) is 0 Å². The molecule has 0 spiro atoms. The molecule has 0 radical (unpaired) electrons. The summed E-state index contributed by atoms with van der Waals surface area (Å²) in [5.74, 6) is 1.36. The lowest BCUT2D eigenvalue weighted by Gasteiger charge is -2.30. The third-order valence-electron chi connectivity index (χ3n) is 7.18. The average Bonchev–Trinajstić information content (AvgIpc) is 3.44. The third kappa shape index (κ3) is 5.52. The van der Waals surface area contributed by atoms with Crippen LogP contribution < -0.4 is 4.74 Å². The Labute approximate surface area is 208 Å². The van der Waals surface area contributed by atoms with Crippen molar-refractivity contribution >= 4 is 0 Å². The molecule has 5 rings (SSSR count). The topological polar surface area (TPSA) is 42.4 Å². The zero-order valence-electron chi connectivity index (χ0n) is 20.8. The number of benzene rings is 3. The van der Waals surface area contributed by atoms with Crippen molar-refractivity contribution < 1.29 is 9.84 Å². The van der Waals surface area contributed by atoms with Crippen molar-refractivity contribution in [3.63, 3.8) is 0 Å². The van der Waals surface area contributed by atoms with Crippen LogP contribution in [0, 0.1) is 0 Å². The Hall–Kier alpha value is -2.90. The molecule has 184 valence electrons. The van der Waals surface area contributed by atoms with Gasteiger partial charge < -0.3 is 9.84 Å². The molecular formula is C29H36N4O2. The van der Waals surface area contributed by atoms with E-state index < -0.39 is 0 Å². The molecule has 35 heavy (non-hydrogen) atoms. The number of phenolic OH excluding ortho intramolecular Hbond substituents is 1. The van der Waals surface area contributed by atoms with Crippen molar-refractivity contribution in [1.29, 1.82) is 0 Å². The molecule has 0 amide bonds. The van der Waals surface area contributed by atoms with Gasteiger partial charge in [0.05, 0.1) is 25.4 Å². The Kier molecular flexibility index (Phi) is 7.35. The summed E-state index contributed by atoms with van der Waals surface area (Å²) in [5, 5.41) is 10.5. The van der Waals surface area contributed by atoms with Gasteiger partial charge in [-0.05, 0) is 31.8 Å². The average molecular weight is 473 g/mol. The Balaban J connectivity index is 1.29. The fourth-order valence-corrected chi connectivity index (χ4v) is 5.45. The van der Waals surface area contributed by atoms with Crippen LogP contribution in [0.15, 0.2) is 78.9 Å². The molecule has 2 saturated heterocycles. The van der Waals surface area contributed by atoms with E-state index in [0.717, 1.165) is 50.8 Å². The summed E-state index contributed by atoms with van der Waals surface area (Å²) >= 11 is 0. The summed E-state index contributed by atoms with van der Waals surface area (Å²) in [6.07, 6.45) is 0. The number of para-hydroxylation sites is 2. The van der Waals surface area contributed by atoms with Crippen LogP contribution in [0.5, 0.6) is 11.5 Å². The van der Waals surface area contributed by atoms with Crippen molar-refractivity contribution in [2.24, 2.45) is 0 Å². The number of rotatable bonds is 8. The molecule has 3 aromatic rings. The molecule has 6 nitrogen and oxygen atoms in total. The number of nitrogens with zero attached hydrogens (tertiary/aromatic N) is 4. The van der Waals surface area contributed by atoms with E-state index in [-0.39, 0.29) is 12.1 Å². The fraction of sp³-hybridized carbons (Fsp3) is 0.379. The van der Waals surface area contributed by atoms with Gasteiger partial charge in [0.2, 0.25) is 0 Å². The largest absolute Gasteiger partial charge is 0.508 e. The SMILES string of the molecule is CN1CC(c2ccccc2O)N(CCN2CN(C)CC2c2ccccc2OCc2ccccc2)C1. The van der Waals surface area contributed by atoms with Gasteiger partial charge in [0, 0.05) is 37.3 Å². The van der Waals surface area contributed by atoms with E-state index in [1.165, 1.54) is 11.1 Å². The molecule has 6 heteroatoms. The Morgan fingerprint density at radius 1 is 0.714 bits per heavy atom. The van der Waals surface area contributed by atoms with Crippen LogP contribution in [0.2, 0.25) is 0 Å². The first-order valence-electron chi connectivity index (χ1n) is 12.5. The summed E-state index contributed by atoms with van der Waals surface area (Å²) in [6.45, 7) is 6.22. The van der Waals surface area contributed by atoms with Crippen LogP contribution in [0.1, 0.15) is 28.8 Å². The predicted molar refractivity (Wildman–Crippen MR) is 139 cm³/mol. The van der Waals surface area contributed by atoms with E-state index in [9.17, 15) is 5.11 Å². The Bertz CT molecular complexity index is 1110. The molecule has 2 fully saturated rings. The minimum atomic E-state index is 0.210. The zero-order chi connectivity index (χ0) is 24.2. The van der Waals surface area contributed by atoms with Crippen LogP contribution in [0.3, 0.4) is 0 Å². The Morgan fingerprint density at radius 3 is 1.91 bits per heavy atom. The van der Waals surface area contributed by atoms with Crippen LogP contribution in [0.4, 0.5) is 0 Å². The summed E-state index contributed by atoms with van der Waals surface area (Å²) in [7, 11) is 4.34. The molecular weight excluding hydrogens is 436 g/mol. The second-order valence-electron chi connectivity index (χ2n) is 9.89. The van der Waals surface area contributed by atoms with E-state index >= 15 is 0 Å². The molecule has 3 aromatic carbocycles. The molecule has 2 atom stereocenters. The van der Waals surface area contributed by atoms with Crippen LogP contribution in [0.25, 0.3) is 0 Å². The molecule has 0 aromatic heterocycles. The van der Waals surface area contributed by atoms with Crippen molar-refractivity contribution in [3.05, 3.63) is 95.6 Å². The molecule has 2 aliphatic heterocycles. The summed E-state index contributed by atoms with van der Waals surface area (Å²) in [5.41, 5.74) is 3.45. The van der Waals surface area contributed by atoms with Gasteiger partial charge in [-0.3, -0.25) is 19.6 Å². The molecule has 0 saturated carbocycles. The maximum Gasteiger partial charge on any atom is 0.124 e. The molecule has 1 N–H and O–H groups in total. The fourth-order valence-electron chi connectivity index (χ4n) is 5.45. The predicted octanol–water partition coefficient (Wildman–Crippen LogP) is 4.16. The zero-order valence-corrected chi connectivity index (χ0v) is 20.8. The maximum atomic E-state index is 10.5. The van der Waals surface area contributed by atoms with Crippen molar-refractivity contribution in [2.45, 2.75) is 18.7 Å². The minimum Gasteiger partial charge on any atom is -0.508 e. The standard InChI is InChI=1S/C29H36N4O2/c1-30-18-26(24-12-6-8-14-28(24)34)32(21-30)16-17-33-22-31(2)19-27(33)25-13-7-9-15-29(25)35-20-23-10-4-3-5-11-23/h3-15,26-27,34H,16-22H2,1-2H3. The van der Waals surface area contributed by atoms with E-state index in [1.54, 1.807) is 6.07 Å². The highest BCUT2D eigenvalue weighted by Crippen LogP contribution is 2.35. The number of likely N-dealkylation sites (N-methyl/N-ethyl adjacent to an activating group) is 2. The van der Waals surface area contributed by atoms with Gasteiger partial charge in [-0.1, -0.05) is 66.7 Å². The first-order valence-corrected chi connectivity index (χ1v) is 12.5. The monoisotopic (exact) mass is 472 g/mol. The van der Waals surface area contributed by atoms with E-state index in [4.69, 9.17) is 4.74 Å². The molecule has 0 bridgehead atoms. The number of phenols is 1. The van der Waals surface area contributed by atoms with Gasteiger partial charge in [-0.15, -0.1) is 0 Å². The van der Waals surface area contributed by atoms with Crippen LogP contribution in [-0.4, -0.2) is 78.3 Å². The molecule has 2 aliphatic rings. The Morgan fingerprint density at radius 2 is 1.26 bits per heavy atom. The second-order valence-corrected chi connectivity index (χ2v) is 9.89. The van der Waals surface area contributed by atoms with Gasteiger partial charge in [0.15, 0.2) is 0 Å². The number of hydrogen-bond acceptors (Lipinski definition) is 6. The lowest BCUT2D eigenvalue weighted by atomic mass is 10.0. The first kappa shape index (κ1) is 23.8. The van der Waals surface area contributed by atoms with Crippen molar-refractivity contribution in [1.82, 2.24) is 19.6 Å². The summed E-state index contributed by atoms with van der Waals surface area (Å²) in [4.78, 5) is 9.76.